The fourth-order valence-corrected chi connectivity index (χ4v) is 4.22. The second-order valence-electron chi connectivity index (χ2n) is 10.4. The quantitative estimate of drug-likeness (QED) is 0.411. The van der Waals surface area contributed by atoms with Crippen LogP contribution in [0.1, 0.15) is 43.0 Å². The highest BCUT2D eigenvalue weighted by molar-refractivity contribution is 5.89. The molecule has 6 heteroatoms. The Morgan fingerprint density at radius 2 is 1.51 bits per heavy atom. The highest BCUT2D eigenvalue weighted by atomic mass is 16.5. The number of carbonyl (C=O) groups is 2. The Bertz CT molecular complexity index is 1180. The number of amides is 2. The fraction of sp³-hybridized carbons (Fsp3) is 0.355. The molecule has 1 N–H and O–H groups in total. The third-order valence-corrected chi connectivity index (χ3v) is 5.81. The zero-order valence-corrected chi connectivity index (χ0v) is 22.7. The molecule has 0 aliphatic heterocycles. The molecule has 0 saturated heterocycles. The predicted molar refractivity (Wildman–Crippen MR) is 147 cm³/mol. The van der Waals surface area contributed by atoms with Crippen molar-refractivity contribution in [2.75, 3.05) is 13.7 Å². The average molecular weight is 503 g/mol. The molecule has 0 fully saturated rings. The maximum absolute atomic E-state index is 13.7. The summed E-state index contributed by atoms with van der Waals surface area (Å²) in [7, 11) is 1.61. The second kappa shape index (κ2) is 12.4. The van der Waals surface area contributed by atoms with Crippen LogP contribution in [0, 0.1) is 13.8 Å². The molecule has 37 heavy (non-hydrogen) atoms. The minimum absolute atomic E-state index is 0.180. The molecule has 0 saturated carbocycles. The monoisotopic (exact) mass is 502 g/mol. The van der Waals surface area contributed by atoms with Crippen molar-refractivity contribution in [3.63, 3.8) is 0 Å². The lowest BCUT2D eigenvalue weighted by atomic mass is 10.0. The van der Waals surface area contributed by atoms with Gasteiger partial charge in [0.15, 0.2) is 6.61 Å². The van der Waals surface area contributed by atoms with Crippen LogP contribution in [-0.4, -0.2) is 42.0 Å². The Morgan fingerprint density at radius 3 is 2.14 bits per heavy atom. The third-order valence-electron chi connectivity index (χ3n) is 5.81. The Labute approximate surface area is 220 Å². The van der Waals surface area contributed by atoms with Crippen LogP contribution >= 0.6 is 0 Å². The molecule has 1 atom stereocenters. The van der Waals surface area contributed by atoms with E-state index < -0.39 is 11.6 Å². The first kappa shape index (κ1) is 27.8. The standard InChI is InChI=1S/C31H38N2O4/c1-22-15-23(2)17-27(16-22)37-21-29(34)33(20-25-13-10-14-26(18-25)36-6)28(30(35)32-31(3,4)5)19-24-11-8-7-9-12-24/h7-18,28H,19-21H2,1-6H3,(H,32,35). The summed E-state index contributed by atoms with van der Waals surface area (Å²) in [4.78, 5) is 29.0. The molecule has 1 unspecified atom stereocenters. The van der Waals surface area contributed by atoms with E-state index in [9.17, 15) is 9.59 Å². The van der Waals surface area contributed by atoms with Gasteiger partial charge in [-0.2, -0.15) is 0 Å². The lowest BCUT2D eigenvalue weighted by molar-refractivity contribution is -0.143. The van der Waals surface area contributed by atoms with Gasteiger partial charge in [-0.3, -0.25) is 9.59 Å². The molecule has 0 bridgehead atoms. The number of nitrogens with one attached hydrogen (secondary N) is 1. The number of nitrogens with zero attached hydrogens (tertiary/aromatic N) is 1. The van der Waals surface area contributed by atoms with Crippen molar-refractivity contribution < 1.29 is 19.1 Å². The van der Waals surface area contributed by atoms with Crippen LogP contribution in [0.15, 0.2) is 72.8 Å². The van der Waals surface area contributed by atoms with Crippen molar-refractivity contribution in [3.05, 3.63) is 95.1 Å². The molecule has 0 aromatic heterocycles. The van der Waals surface area contributed by atoms with Crippen LogP contribution < -0.4 is 14.8 Å². The van der Waals surface area contributed by atoms with Gasteiger partial charge < -0.3 is 19.7 Å². The van der Waals surface area contributed by atoms with Gasteiger partial charge in [0, 0.05) is 18.5 Å². The molecule has 3 aromatic rings. The Hall–Kier alpha value is -3.80. The number of hydrogen-bond donors (Lipinski definition) is 1. The number of methoxy groups -OCH3 is 1. The lowest BCUT2D eigenvalue weighted by Gasteiger charge is -2.33. The second-order valence-corrected chi connectivity index (χ2v) is 10.4. The van der Waals surface area contributed by atoms with Crippen molar-refractivity contribution in [1.82, 2.24) is 10.2 Å². The van der Waals surface area contributed by atoms with E-state index in [4.69, 9.17) is 9.47 Å². The van der Waals surface area contributed by atoms with Gasteiger partial charge in [-0.25, -0.2) is 0 Å². The van der Waals surface area contributed by atoms with Crippen molar-refractivity contribution in [1.29, 1.82) is 0 Å². The van der Waals surface area contributed by atoms with Crippen LogP contribution in [0.25, 0.3) is 0 Å². The van der Waals surface area contributed by atoms with E-state index in [2.05, 4.69) is 11.4 Å². The molecule has 0 heterocycles. The van der Waals surface area contributed by atoms with Gasteiger partial charge in [0.2, 0.25) is 5.91 Å². The molecule has 0 aliphatic rings. The molecule has 3 aromatic carbocycles. The Balaban J connectivity index is 1.95. The summed E-state index contributed by atoms with van der Waals surface area (Å²) >= 11 is 0. The predicted octanol–water partition coefficient (Wildman–Crippen LogP) is 5.25. The van der Waals surface area contributed by atoms with Gasteiger partial charge in [-0.1, -0.05) is 48.5 Å². The maximum atomic E-state index is 13.7. The minimum Gasteiger partial charge on any atom is -0.497 e. The minimum atomic E-state index is -0.733. The zero-order valence-electron chi connectivity index (χ0n) is 22.7. The van der Waals surface area contributed by atoms with Gasteiger partial charge in [-0.15, -0.1) is 0 Å². The SMILES string of the molecule is COc1cccc(CN(C(=O)COc2cc(C)cc(C)c2)C(Cc2ccccc2)C(=O)NC(C)(C)C)c1. The van der Waals surface area contributed by atoms with Crippen LogP contribution in [0.5, 0.6) is 11.5 Å². The maximum Gasteiger partial charge on any atom is 0.261 e. The van der Waals surface area contributed by atoms with E-state index in [1.807, 2.05) is 101 Å². The number of ether oxygens (including phenoxy) is 2. The van der Waals surface area contributed by atoms with Gasteiger partial charge in [0.25, 0.3) is 5.91 Å². The summed E-state index contributed by atoms with van der Waals surface area (Å²) in [6.45, 7) is 9.83. The van der Waals surface area contributed by atoms with Gasteiger partial charge in [0.1, 0.15) is 17.5 Å². The van der Waals surface area contributed by atoms with Gasteiger partial charge >= 0.3 is 0 Å². The zero-order chi connectivity index (χ0) is 27.0. The molecule has 0 aliphatic carbocycles. The van der Waals surface area contributed by atoms with E-state index in [1.54, 1.807) is 12.0 Å². The smallest absolute Gasteiger partial charge is 0.261 e. The summed E-state index contributed by atoms with van der Waals surface area (Å²) in [5.41, 5.74) is 3.49. The van der Waals surface area contributed by atoms with Crippen LogP contribution in [0.4, 0.5) is 0 Å². The molecule has 2 amide bonds. The fourth-order valence-electron chi connectivity index (χ4n) is 4.22. The van der Waals surface area contributed by atoms with E-state index >= 15 is 0 Å². The van der Waals surface area contributed by atoms with Crippen molar-refractivity contribution in [3.8, 4) is 11.5 Å². The summed E-state index contributed by atoms with van der Waals surface area (Å²) in [5, 5.41) is 3.07. The molecule has 196 valence electrons. The molecular weight excluding hydrogens is 464 g/mol. The van der Waals surface area contributed by atoms with Crippen molar-refractivity contribution in [2.45, 2.75) is 59.2 Å². The van der Waals surface area contributed by atoms with Crippen LogP contribution in [0.2, 0.25) is 0 Å². The first-order chi connectivity index (χ1) is 17.5. The topological polar surface area (TPSA) is 67.9 Å². The number of rotatable bonds is 10. The molecule has 0 spiro atoms. The summed E-state index contributed by atoms with van der Waals surface area (Å²) in [6, 6.07) is 22.4. The molecule has 3 rings (SSSR count). The number of aryl methyl sites for hydroxylation is 2. The van der Waals surface area contributed by atoms with E-state index in [1.165, 1.54) is 0 Å². The highest BCUT2D eigenvalue weighted by Crippen LogP contribution is 2.20. The van der Waals surface area contributed by atoms with E-state index in [0.717, 1.165) is 22.3 Å². The first-order valence-corrected chi connectivity index (χ1v) is 12.5. The van der Waals surface area contributed by atoms with Crippen LogP contribution in [0.3, 0.4) is 0 Å². The lowest BCUT2D eigenvalue weighted by Crippen LogP contribution is -2.55. The molecule has 6 nitrogen and oxygen atoms in total. The van der Waals surface area contributed by atoms with Gasteiger partial charge in [-0.05, 0) is 81.1 Å². The normalized spacial score (nSPS) is 11.9. The summed E-state index contributed by atoms with van der Waals surface area (Å²) < 4.78 is 11.3. The first-order valence-electron chi connectivity index (χ1n) is 12.5. The summed E-state index contributed by atoms with van der Waals surface area (Å²) in [6.07, 6.45) is 0.377. The summed E-state index contributed by atoms with van der Waals surface area (Å²) in [5.74, 6) is 0.840. The molecular formula is C31H38N2O4. The van der Waals surface area contributed by atoms with Crippen molar-refractivity contribution >= 4 is 11.8 Å². The van der Waals surface area contributed by atoms with Crippen molar-refractivity contribution in [2.24, 2.45) is 0 Å². The number of benzene rings is 3. The highest BCUT2D eigenvalue weighted by Gasteiger charge is 2.32. The van der Waals surface area contributed by atoms with Gasteiger partial charge in [0.05, 0.1) is 7.11 Å². The van der Waals surface area contributed by atoms with Crippen LogP contribution in [-0.2, 0) is 22.6 Å². The van der Waals surface area contributed by atoms with E-state index in [-0.39, 0.29) is 25.0 Å². The number of carbonyl (C=O) groups excluding carboxylic acids is 2. The average Bonchev–Trinajstić information content (AvgIpc) is 2.83. The Kier molecular flexibility index (Phi) is 9.34. The number of hydrogen-bond acceptors (Lipinski definition) is 4. The third kappa shape index (κ3) is 8.67. The Morgan fingerprint density at radius 1 is 0.865 bits per heavy atom. The molecule has 0 radical (unpaired) electrons. The van der Waals surface area contributed by atoms with E-state index in [0.29, 0.717) is 17.9 Å². The largest absolute Gasteiger partial charge is 0.497 e.